The van der Waals surface area contributed by atoms with Crippen molar-refractivity contribution in [3.8, 4) is 0 Å². The van der Waals surface area contributed by atoms with Crippen LogP contribution in [0.3, 0.4) is 0 Å². The maximum atomic E-state index is 8.82. The van der Waals surface area contributed by atoms with Gasteiger partial charge < -0.3 is 10.0 Å². The van der Waals surface area contributed by atoms with Crippen LogP contribution in [0.15, 0.2) is 12.1 Å². The van der Waals surface area contributed by atoms with Gasteiger partial charge in [0.2, 0.25) is 0 Å². The van der Waals surface area contributed by atoms with Crippen LogP contribution in [0.5, 0.6) is 0 Å². The van der Waals surface area contributed by atoms with E-state index in [4.69, 9.17) is 5.11 Å². The standard InChI is InChI=1S/C13H21NO/c1-10-8-11(2)13(12(3)9-10)14(4)6-5-7-15/h8-9,15H,5-7H2,1-4H3. The Morgan fingerprint density at radius 2 is 1.67 bits per heavy atom. The zero-order valence-electron chi connectivity index (χ0n) is 10.2. The smallest absolute Gasteiger partial charge is 0.0447 e. The number of hydrogen-bond donors (Lipinski definition) is 1. The van der Waals surface area contributed by atoms with E-state index in [0.29, 0.717) is 0 Å². The summed E-state index contributed by atoms with van der Waals surface area (Å²) in [6.45, 7) is 7.57. The molecule has 0 bridgehead atoms. The van der Waals surface area contributed by atoms with Gasteiger partial charge in [-0.25, -0.2) is 0 Å². The van der Waals surface area contributed by atoms with E-state index in [2.05, 4.69) is 44.9 Å². The molecule has 0 atom stereocenters. The summed E-state index contributed by atoms with van der Waals surface area (Å²) in [5.41, 5.74) is 5.24. The van der Waals surface area contributed by atoms with E-state index in [-0.39, 0.29) is 6.61 Å². The Morgan fingerprint density at radius 1 is 1.13 bits per heavy atom. The van der Waals surface area contributed by atoms with Crippen molar-refractivity contribution in [2.45, 2.75) is 27.2 Å². The molecule has 1 aromatic carbocycles. The Labute approximate surface area is 92.5 Å². The lowest BCUT2D eigenvalue weighted by Crippen LogP contribution is -2.21. The van der Waals surface area contributed by atoms with Crippen LogP contribution < -0.4 is 4.90 Å². The first-order chi connectivity index (χ1) is 7.06. The molecule has 2 nitrogen and oxygen atoms in total. The number of rotatable bonds is 4. The van der Waals surface area contributed by atoms with Gasteiger partial charge >= 0.3 is 0 Å². The molecule has 0 aliphatic heterocycles. The molecule has 0 amide bonds. The highest BCUT2D eigenvalue weighted by atomic mass is 16.3. The molecule has 1 N–H and O–H groups in total. The van der Waals surface area contributed by atoms with Gasteiger partial charge in [0.1, 0.15) is 0 Å². The highest BCUT2D eigenvalue weighted by Gasteiger charge is 2.07. The molecule has 0 aliphatic rings. The molecule has 0 aromatic heterocycles. The SMILES string of the molecule is Cc1cc(C)c(N(C)CCCO)c(C)c1. The van der Waals surface area contributed by atoms with Gasteiger partial charge in [-0.15, -0.1) is 0 Å². The lowest BCUT2D eigenvalue weighted by atomic mass is 10.0. The summed E-state index contributed by atoms with van der Waals surface area (Å²) < 4.78 is 0. The Balaban J connectivity index is 2.92. The second-order valence-corrected chi connectivity index (χ2v) is 4.25. The van der Waals surface area contributed by atoms with E-state index < -0.39 is 0 Å². The van der Waals surface area contributed by atoms with E-state index in [1.54, 1.807) is 0 Å². The molecule has 1 aromatic rings. The number of hydrogen-bond acceptors (Lipinski definition) is 2. The van der Waals surface area contributed by atoms with Crippen molar-refractivity contribution in [1.29, 1.82) is 0 Å². The van der Waals surface area contributed by atoms with Crippen LogP contribution >= 0.6 is 0 Å². The number of nitrogens with zero attached hydrogens (tertiary/aromatic N) is 1. The third kappa shape index (κ3) is 2.96. The number of aliphatic hydroxyl groups excluding tert-OH is 1. The normalized spacial score (nSPS) is 10.5. The Bertz CT molecular complexity index is 310. The first-order valence-corrected chi connectivity index (χ1v) is 5.46. The maximum Gasteiger partial charge on any atom is 0.0447 e. The van der Waals surface area contributed by atoms with Gasteiger partial charge in [0, 0.05) is 25.9 Å². The van der Waals surface area contributed by atoms with Gasteiger partial charge in [-0.2, -0.15) is 0 Å². The Morgan fingerprint density at radius 3 is 2.13 bits per heavy atom. The van der Waals surface area contributed by atoms with Gasteiger partial charge in [0.05, 0.1) is 0 Å². The highest BCUT2D eigenvalue weighted by molar-refractivity contribution is 5.59. The summed E-state index contributed by atoms with van der Waals surface area (Å²) in [6, 6.07) is 4.41. The van der Waals surface area contributed by atoms with Crippen LogP contribution in [0.2, 0.25) is 0 Å². The van der Waals surface area contributed by atoms with E-state index in [9.17, 15) is 0 Å². The molecule has 2 heteroatoms. The first-order valence-electron chi connectivity index (χ1n) is 5.46. The Kier molecular flexibility index (Phi) is 4.15. The van der Waals surface area contributed by atoms with Crippen LogP contribution in [0, 0.1) is 20.8 Å². The number of aryl methyl sites for hydroxylation is 3. The van der Waals surface area contributed by atoms with Crippen LogP contribution in [0.25, 0.3) is 0 Å². The Hall–Kier alpha value is -1.02. The fourth-order valence-corrected chi connectivity index (χ4v) is 2.19. The van der Waals surface area contributed by atoms with Crippen molar-refractivity contribution in [2.24, 2.45) is 0 Å². The number of benzene rings is 1. The van der Waals surface area contributed by atoms with Crippen LogP contribution in [0.1, 0.15) is 23.1 Å². The second-order valence-electron chi connectivity index (χ2n) is 4.25. The minimum Gasteiger partial charge on any atom is -0.396 e. The predicted octanol–water partition coefficient (Wildman–Crippen LogP) is 2.43. The molecule has 0 fully saturated rings. The molecular formula is C13H21NO. The molecule has 0 radical (unpaired) electrons. The third-order valence-corrected chi connectivity index (χ3v) is 2.67. The van der Waals surface area contributed by atoms with E-state index in [1.165, 1.54) is 22.4 Å². The average molecular weight is 207 g/mol. The van der Waals surface area contributed by atoms with Crippen molar-refractivity contribution >= 4 is 5.69 Å². The van der Waals surface area contributed by atoms with Gasteiger partial charge in [0.15, 0.2) is 0 Å². The fraction of sp³-hybridized carbons (Fsp3) is 0.538. The van der Waals surface area contributed by atoms with Crippen LogP contribution in [-0.2, 0) is 0 Å². The summed E-state index contributed by atoms with van der Waals surface area (Å²) in [5, 5.41) is 8.82. The molecule has 0 saturated heterocycles. The summed E-state index contributed by atoms with van der Waals surface area (Å²) >= 11 is 0. The predicted molar refractivity (Wildman–Crippen MR) is 65.6 cm³/mol. The quantitative estimate of drug-likeness (QED) is 0.819. The zero-order chi connectivity index (χ0) is 11.4. The summed E-state index contributed by atoms with van der Waals surface area (Å²) in [5.74, 6) is 0. The van der Waals surface area contributed by atoms with Crippen LogP contribution in [-0.4, -0.2) is 25.3 Å². The van der Waals surface area contributed by atoms with Crippen molar-refractivity contribution in [3.05, 3.63) is 28.8 Å². The molecule has 15 heavy (non-hydrogen) atoms. The van der Waals surface area contributed by atoms with Crippen molar-refractivity contribution in [3.63, 3.8) is 0 Å². The van der Waals surface area contributed by atoms with Gasteiger partial charge in [-0.3, -0.25) is 0 Å². The first kappa shape index (κ1) is 12.1. The van der Waals surface area contributed by atoms with Gasteiger partial charge in [-0.1, -0.05) is 17.7 Å². The van der Waals surface area contributed by atoms with Crippen molar-refractivity contribution < 1.29 is 5.11 Å². The number of aliphatic hydroxyl groups is 1. The lowest BCUT2D eigenvalue weighted by molar-refractivity contribution is 0.290. The maximum absolute atomic E-state index is 8.82. The summed E-state index contributed by atoms with van der Waals surface area (Å²) in [4.78, 5) is 2.22. The molecule has 84 valence electrons. The fourth-order valence-electron chi connectivity index (χ4n) is 2.19. The second kappa shape index (κ2) is 5.17. The van der Waals surface area contributed by atoms with Gasteiger partial charge in [-0.05, 0) is 38.3 Å². The molecule has 0 aliphatic carbocycles. The lowest BCUT2D eigenvalue weighted by Gasteiger charge is -2.23. The van der Waals surface area contributed by atoms with Crippen molar-refractivity contribution in [2.75, 3.05) is 25.1 Å². The molecular weight excluding hydrogens is 186 g/mol. The largest absolute Gasteiger partial charge is 0.396 e. The van der Waals surface area contributed by atoms with Crippen LogP contribution in [0.4, 0.5) is 5.69 Å². The van der Waals surface area contributed by atoms with Gasteiger partial charge in [0.25, 0.3) is 0 Å². The molecule has 1 rings (SSSR count). The average Bonchev–Trinajstić information content (AvgIpc) is 2.12. The van der Waals surface area contributed by atoms with E-state index in [1.807, 2.05) is 0 Å². The van der Waals surface area contributed by atoms with E-state index in [0.717, 1.165) is 13.0 Å². The minimum absolute atomic E-state index is 0.258. The topological polar surface area (TPSA) is 23.5 Å². The number of anilines is 1. The van der Waals surface area contributed by atoms with Crippen molar-refractivity contribution in [1.82, 2.24) is 0 Å². The minimum atomic E-state index is 0.258. The summed E-state index contributed by atoms with van der Waals surface area (Å²) in [6.07, 6.45) is 0.823. The molecule has 0 unspecified atom stereocenters. The third-order valence-electron chi connectivity index (χ3n) is 2.67. The monoisotopic (exact) mass is 207 g/mol. The molecule has 0 saturated carbocycles. The molecule has 0 heterocycles. The summed E-state index contributed by atoms with van der Waals surface area (Å²) in [7, 11) is 2.08. The highest BCUT2D eigenvalue weighted by Crippen LogP contribution is 2.25. The zero-order valence-corrected chi connectivity index (χ0v) is 10.2. The van der Waals surface area contributed by atoms with E-state index >= 15 is 0 Å². The molecule has 0 spiro atoms.